The summed E-state index contributed by atoms with van der Waals surface area (Å²) in [6, 6.07) is 7.77. The molecule has 1 aliphatic heterocycles. The highest BCUT2D eigenvalue weighted by atomic mass is 16.5. The number of ether oxygens (including phenoxy) is 1. The van der Waals surface area contributed by atoms with E-state index < -0.39 is 11.5 Å². The molecule has 2 unspecified atom stereocenters. The van der Waals surface area contributed by atoms with Gasteiger partial charge < -0.3 is 10.5 Å². The quantitative estimate of drug-likeness (QED) is 0.755. The second kappa shape index (κ2) is 3.26. The van der Waals surface area contributed by atoms with Crippen molar-refractivity contribution in [2.45, 2.75) is 25.9 Å². The predicted molar refractivity (Wildman–Crippen MR) is 57.5 cm³/mol. The smallest absolute Gasteiger partial charge is 0.261 e. The average molecular weight is 205 g/mol. The summed E-state index contributed by atoms with van der Waals surface area (Å²) in [7, 11) is 0. The molecule has 1 aromatic carbocycles. The largest absolute Gasteiger partial charge is 0.477 e. The van der Waals surface area contributed by atoms with Crippen LogP contribution >= 0.6 is 0 Å². The molecule has 0 spiro atoms. The average Bonchev–Trinajstić information content (AvgIpc) is 2.19. The van der Waals surface area contributed by atoms with Gasteiger partial charge in [-0.3, -0.25) is 4.79 Å². The van der Waals surface area contributed by atoms with Crippen LogP contribution in [0.4, 0.5) is 0 Å². The zero-order chi connectivity index (χ0) is 11.1. The second-order valence-corrected chi connectivity index (χ2v) is 4.29. The first-order valence-electron chi connectivity index (χ1n) is 5.11. The Morgan fingerprint density at radius 2 is 2.20 bits per heavy atom. The third kappa shape index (κ3) is 1.48. The van der Waals surface area contributed by atoms with E-state index in [9.17, 15) is 4.79 Å². The summed E-state index contributed by atoms with van der Waals surface area (Å²) in [4.78, 5) is 11.4. The Morgan fingerprint density at radius 1 is 1.53 bits per heavy atom. The van der Waals surface area contributed by atoms with E-state index in [0.717, 1.165) is 17.7 Å². The van der Waals surface area contributed by atoms with Gasteiger partial charge in [0.15, 0.2) is 5.60 Å². The fourth-order valence-electron chi connectivity index (χ4n) is 1.92. The fourth-order valence-corrected chi connectivity index (χ4v) is 1.92. The Labute approximate surface area is 89.2 Å². The molecule has 0 aromatic heterocycles. The van der Waals surface area contributed by atoms with Gasteiger partial charge in [-0.1, -0.05) is 25.1 Å². The number of benzene rings is 1. The third-order valence-corrected chi connectivity index (χ3v) is 3.25. The van der Waals surface area contributed by atoms with Crippen molar-refractivity contribution in [2.75, 3.05) is 0 Å². The number of carbonyl (C=O) groups excluding carboxylic acids is 1. The molecule has 3 nitrogen and oxygen atoms in total. The van der Waals surface area contributed by atoms with Crippen molar-refractivity contribution in [1.29, 1.82) is 0 Å². The van der Waals surface area contributed by atoms with Crippen LogP contribution in [0.1, 0.15) is 19.4 Å². The molecular formula is C12H15NO2. The number of hydrogen-bond donors (Lipinski definition) is 1. The highest BCUT2D eigenvalue weighted by Gasteiger charge is 2.43. The SMILES string of the molecule is CC1Cc2ccccc2OC1(C)C(N)=O. The van der Waals surface area contributed by atoms with Crippen molar-refractivity contribution in [3.63, 3.8) is 0 Å². The lowest BCUT2D eigenvalue weighted by molar-refractivity contribution is -0.137. The number of hydrogen-bond acceptors (Lipinski definition) is 2. The Morgan fingerprint density at radius 3 is 2.87 bits per heavy atom. The first-order valence-corrected chi connectivity index (χ1v) is 5.11. The summed E-state index contributed by atoms with van der Waals surface area (Å²) >= 11 is 0. The molecule has 1 amide bonds. The van der Waals surface area contributed by atoms with Gasteiger partial charge in [-0.25, -0.2) is 0 Å². The van der Waals surface area contributed by atoms with Crippen LogP contribution in [0.5, 0.6) is 5.75 Å². The molecule has 2 atom stereocenters. The highest BCUT2D eigenvalue weighted by Crippen LogP contribution is 2.36. The van der Waals surface area contributed by atoms with Gasteiger partial charge in [0.05, 0.1) is 0 Å². The van der Waals surface area contributed by atoms with Crippen LogP contribution in [0.25, 0.3) is 0 Å². The van der Waals surface area contributed by atoms with Crippen LogP contribution in [0, 0.1) is 5.92 Å². The van der Waals surface area contributed by atoms with E-state index in [1.165, 1.54) is 0 Å². The lowest BCUT2D eigenvalue weighted by atomic mass is 9.82. The summed E-state index contributed by atoms with van der Waals surface area (Å²) < 4.78 is 5.72. The van der Waals surface area contributed by atoms with E-state index in [1.807, 2.05) is 31.2 Å². The number of amides is 1. The first-order chi connectivity index (χ1) is 7.04. The maximum Gasteiger partial charge on any atom is 0.261 e. The highest BCUT2D eigenvalue weighted by molar-refractivity contribution is 5.84. The maximum absolute atomic E-state index is 11.4. The lowest BCUT2D eigenvalue weighted by Gasteiger charge is -2.38. The molecule has 0 radical (unpaired) electrons. The Kier molecular flexibility index (Phi) is 2.18. The minimum Gasteiger partial charge on any atom is -0.477 e. The van der Waals surface area contributed by atoms with Crippen molar-refractivity contribution in [3.05, 3.63) is 29.8 Å². The summed E-state index contributed by atoms with van der Waals surface area (Å²) in [6.45, 7) is 3.75. The molecule has 3 heteroatoms. The number of para-hydroxylation sites is 1. The van der Waals surface area contributed by atoms with Gasteiger partial charge in [0.2, 0.25) is 0 Å². The van der Waals surface area contributed by atoms with Crippen LogP contribution in [0.15, 0.2) is 24.3 Å². The van der Waals surface area contributed by atoms with Crippen LogP contribution < -0.4 is 10.5 Å². The number of nitrogens with two attached hydrogens (primary N) is 1. The first kappa shape index (κ1) is 10.0. The molecule has 0 saturated carbocycles. The minimum absolute atomic E-state index is 0.102. The number of rotatable bonds is 1. The topological polar surface area (TPSA) is 52.3 Å². The number of carbonyl (C=O) groups is 1. The monoisotopic (exact) mass is 205 g/mol. The molecule has 0 bridgehead atoms. The van der Waals surface area contributed by atoms with Crippen LogP contribution in [0.3, 0.4) is 0 Å². The van der Waals surface area contributed by atoms with Gasteiger partial charge in [-0.05, 0) is 25.0 Å². The molecule has 0 fully saturated rings. The molecule has 1 aliphatic rings. The number of primary amides is 1. The molecule has 1 heterocycles. The van der Waals surface area contributed by atoms with Gasteiger partial charge in [-0.2, -0.15) is 0 Å². The molecule has 1 aromatic rings. The standard InChI is InChI=1S/C12H15NO2/c1-8-7-9-5-3-4-6-10(9)15-12(8,2)11(13)14/h3-6,8H,7H2,1-2H3,(H2,13,14). The van der Waals surface area contributed by atoms with E-state index in [1.54, 1.807) is 6.92 Å². The molecule has 15 heavy (non-hydrogen) atoms. The summed E-state index contributed by atoms with van der Waals surface area (Å²) in [5.74, 6) is 0.478. The zero-order valence-electron chi connectivity index (χ0n) is 8.99. The van der Waals surface area contributed by atoms with Crippen molar-refractivity contribution in [1.82, 2.24) is 0 Å². The van der Waals surface area contributed by atoms with Gasteiger partial charge in [0.25, 0.3) is 5.91 Å². The maximum atomic E-state index is 11.4. The van der Waals surface area contributed by atoms with Crippen LogP contribution in [-0.2, 0) is 11.2 Å². The number of fused-ring (bicyclic) bond motifs is 1. The Bertz CT molecular complexity index is 402. The Hall–Kier alpha value is -1.51. The van der Waals surface area contributed by atoms with Crippen LogP contribution in [-0.4, -0.2) is 11.5 Å². The van der Waals surface area contributed by atoms with E-state index in [2.05, 4.69) is 0 Å². The predicted octanol–water partition coefficient (Wildman–Crippen LogP) is 1.50. The molecule has 2 N–H and O–H groups in total. The van der Waals surface area contributed by atoms with Gasteiger partial charge in [-0.15, -0.1) is 0 Å². The molecular weight excluding hydrogens is 190 g/mol. The van der Waals surface area contributed by atoms with Crippen molar-refractivity contribution in [2.24, 2.45) is 11.7 Å². The van der Waals surface area contributed by atoms with E-state index in [-0.39, 0.29) is 5.92 Å². The molecule has 2 rings (SSSR count). The molecule has 0 saturated heterocycles. The van der Waals surface area contributed by atoms with Crippen molar-refractivity contribution >= 4 is 5.91 Å². The lowest BCUT2D eigenvalue weighted by Crippen LogP contribution is -2.53. The van der Waals surface area contributed by atoms with Crippen LogP contribution in [0.2, 0.25) is 0 Å². The second-order valence-electron chi connectivity index (χ2n) is 4.29. The van der Waals surface area contributed by atoms with Gasteiger partial charge >= 0.3 is 0 Å². The normalized spacial score (nSPS) is 29.1. The molecule has 0 aliphatic carbocycles. The van der Waals surface area contributed by atoms with E-state index >= 15 is 0 Å². The van der Waals surface area contributed by atoms with E-state index in [0.29, 0.717) is 0 Å². The minimum atomic E-state index is -0.881. The molecule has 80 valence electrons. The van der Waals surface area contributed by atoms with E-state index in [4.69, 9.17) is 10.5 Å². The third-order valence-electron chi connectivity index (χ3n) is 3.25. The van der Waals surface area contributed by atoms with Crippen molar-refractivity contribution in [3.8, 4) is 5.75 Å². The van der Waals surface area contributed by atoms with Crippen molar-refractivity contribution < 1.29 is 9.53 Å². The Balaban J connectivity index is 2.41. The fraction of sp³-hybridized carbons (Fsp3) is 0.417. The summed E-state index contributed by atoms with van der Waals surface area (Å²) in [5, 5.41) is 0. The summed E-state index contributed by atoms with van der Waals surface area (Å²) in [5.41, 5.74) is 5.65. The van der Waals surface area contributed by atoms with Gasteiger partial charge in [0, 0.05) is 5.92 Å². The zero-order valence-corrected chi connectivity index (χ0v) is 8.99. The summed E-state index contributed by atoms with van der Waals surface area (Å²) in [6.07, 6.45) is 0.829. The van der Waals surface area contributed by atoms with Gasteiger partial charge in [0.1, 0.15) is 5.75 Å².